The fraction of sp³-hybridized carbons (Fsp3) is 0.250. The number of benzene rings is 2. The van der Waals surface area contributed by atoms with Crippen LogP contribution in [0.1, 0.15) is 42.7 Å². The number of anilines is 1. The number of carbonyl (C=O) groups excluding carboxylic acids is 1. The Labute approximate surface area is 160 Å². The number of rotatable bonds is 3. The number of amides is 1. The van der Waals surface area contributed by atoms with Gasteiger partial charge in [0.25, 0.3) is 0 Å². The molecule has 136 valence electrons. The number of fused-ring (bicyclic) bond motifs is 1. The highest BCUT2D eigenvalue weighted by Gasteiger charge is 2.20. The average Bonchev–Trinajstić information content (AvgIpc) is 2.70. The van der Waals surface area contributed by atoms with Crippen LogP contribution in [0.5, 0.6) is 0 Å². The van der Waals surface area contributed by atoms with Crippen molar-refractivity contribution in [1.29, 1.82) is 0 Å². The molecule has 2 aromatic carbocycles. The predicted molar refractivity (Wildman–Crippen MR) is 111 cm³/mol. The lowest BCUT2D eigenvalue weighted by Gasteiger charge is -2.25. The Hall–Kier alpha value is -2.94. The van der Waals surface area contributed by atoms with Crippen molar-refractivity contribution >= 4 is 22.5 Å². The van der Waals surface area contributed by atoms with Crippen molar-refractivity contribution in [2.75, 3.05) is 5.32 Å². The summed E-state index contributed by atoms with van der Waals surface area (Å²) in [4.78, 5) is 16.8. The fourth-order valence-electron chi connectivity index (χ4n) is 3.92. The highest BCUT2D eigenvalue weighted by Crippen LogP contribution is 2.37. The summed E-state index contributed by atoms with van der Waals surface area (Å²) in [7, 11) is 0. The number of hydrogen-bond acceptors (Lipinski definition) is 2. The van der Waals surface area contributed by atoms with Gasteiger partial charge in [0.15, 0.2) is 0 Å². The van der Waals surface area contributed by atoms with E-state index >= 15 is 0 Å². The molecule has 3 heteroatoms. The van der Waals surface area contributed by atoms with Gasteiger partial charge in [-0.05, 0) is 68.4 Å². The van der Waals surface area contributed by atoms with Crippen molar-refractivity contribution in [3.8, 4) is 0 Å². The Bertz CT molecular complexity index is 973. The van der Waals surface area contributed by atoms with Gasteiger partial charge < -0.3 is 5.32 Å². The van der Waals surface area contributed by atoms with Crippen LogP contribution < -0.4 is 5.32 Å². The average molecular weight is 356 g/mol. The van der Waals surface area contributed by atoms with Gasteiger partial charge in [0.1, 0.15) is 0 Å². The third-order valence-corrected chi connectivity index (χ3v) is 5.40. The lowest BCUT2D eigenvalue weighted by Crippen LogP contribution is -2.12. The highest BCUT2D eigenvalue weighted by molar-refractivity contribution is 5.99. The van der Waals surface area contributed by atoms with Crippen LogP contribution in [0.2, 0.25) is 0 Å². The molecule has 1 heterocycles. The van der Waals surface area contributed by atoms with Gasteiger partial charge in [-0.1, -0.05) is 41.5 Å². The van der Waals surface area contributed by atoms with E-state index in [4.69, 9.17) is 0 Å². The molecular formula is C24H24N2O. The number of para-hydroxylation sites is 1. The number of carbonyl (C=O) groups is 1. The summed E-state index contributed by atoms with van der Waals surface area (Å²) in [5.74, 6) is 0.511. The van der Waals surface area contributed by atoms with Gasteiger partial charge in [-0.3, -0.25) is 9.78 Å². The van der Waals surface area contributed by atoms with E-state index in [-0.39, 0.29) is 5.91 Å². The first-order valence-corrected chi connectivity index (χ1v) is 9.60. The second-order valence-corrected chi connectivity index (χ2v) is 7.35. The van der Waals surface area contributed by atoms with Crippen molar-refractivity contribution < 1.29 is 4.79 Å². The van der Waals surface area contributed by atoms with Crippen molar-refractivity contribution in [3.05, 3.63) is 83.6 Å². The molecule has 3 nitrogen and oxygen atoms in total. The molecular weight excluding hydrogens is 332 g/mol. The maximum atomic E-state index is 12.3. The second-order valence-electron chi connectivity index (χ2n) is 7.35. The zero-order valence-corrected chi connectivity index (χ0v) is 15.6. The third kappa shape index (κ3) is 4.08. The van der Waals surface area contributed by atoms with Crippen molar-refractivity contribution in [2.45, 2.75) is 38.5 Å². The first kappa shape index (κ1) is 17.5. The maximum Gasteiger partial charge on any atom is 0.248 e. The number of nitrogens with zero attached hydrogens (tertiary/aromatic N) is 1. The van der Waals surface area contributed by atoms with Crippen LogP contribution in [0.25, 0.3) is 10.9 Å². The Morgan fingerprint density at radius 2 is 1.78 bits per heavy atom. The molecule has 0 unspecified atom stereocenters. The number of aryl methyl sites for hydroxylation is 1. The summed E-state index contributed by atoms with van der Waals surface area (Å²) in [6.45, 7) is 2.04. The Kier molecular flexibility index (Phi) is 5.01. The van der Waals surface area contributed by atoms with Crippen molar-refractivity contribution in [3.63, 3.8) is 0 Å². The normalized spacial score (nSPS) is 16.9. The lowest BCUT2D eigenvalue weighted by molar-refractivity contribution is -0.112. The lowest BCUT2D eigenvalue weighted by atomic mass is 9.80. The van der Waals surface area contributed by atoms with Crippen LogP contribution in [0.15, 0.2) is 72.4 Å². The summed E-state index contributed by atoms with van der Waals surface area (Å²) < 4.78 is 0. The Morgan fingerprint density at radius 1 is 1.04 bits per heavy atom. The molecule has 1 saturated carbocycles. The molecule has 0 spiro atoms. The topological polar surface area (TPSA) is 42.0 Å². The zero-order chi connectivity index (χ0) is 18.6. The molecule has 1 N–H and O–H groups in total. The van der Waals surface area contributed by atoms with E-state index in [1.54, 1.807) is 6.08 Å². The minimum atomic E-state index is -0.0262. The van der Waals surface area contributed by atoms with Gasteiger partial charge in [-0.2, -0.15) is 0 Å². The third-order valence-electron chi connectivity index (χ3n) is 5.40. The zero-order valence-electron chi connectivity index (χ0n) is 15.6. The van der Waals surface area contributed by atoms with Gasteiger partial charge in [0.05, 0.1) is 5.52 Å². The largest absolute Gasteiger partial charge is 0.323 e. The van der Waals surface area contributed by atoms with Crippen LogP contribution in [0.4, 0.5) is 5.69 Å². The number of nitrogens with one attached hydrogen (secondary N) is 1. The number of allylic oxidation sites excluding steroid dienone is 1. The predicted octanol–water partition coefficient (Wildman–Crippen LogP) is 5.77. The molecule has 0 radical (unpaired) electrons. The molecule has 1 fully saturated rings. The fourth-order valence-corrected chi connectivity index (χ4v) is 3.92. The molecule has 0 atom stereocenters. The van der Waals surface area contributed by atoms with Crippen molar-refractivity contribution in [2.24, 2.45) is 0 Å². The Balaban J connectivity index is 1.41. The number of pyridine rings is 1. The smallest absolute Gasteiger partial charge is 0.248 e. The van der Waals surface area contributed by atoms with Gasteiger partial charge in [0.2, 0.25) is 5.91 Å². The monoisotopic (exact) mass is 356 g/mol. The van der Waals surface area contributed by atoms with E-state index in [1.165, 1.54) is 22.1 Å². The molecule has 1 aromatic heterocycles. The van der Waals surface area contributed by atoms with Gasteiger partial charge in [-0.15, -0.1) is 0 Å². The van der Waals surface area contributed by atoms with E-state index in [9.17, 15) is 4.79 Å². The van der Waals surface area contributed by atoms with E-state index in [2.05, 4.69) is 34.6 Å². The van der Waals surface area contributed by atoms with E-state index in [1.807, 2.05) is 43.5 Å². The highest BCUT2D eigenvalue weighted by atomic mass is 16.1. The minimum absolute atomic E-state index is 0.0262. The SMILES string of the molecule is Cc1ccc(NC(=O)C=C2CCC(c3ccnc4ccccc34)CC2)cc1. The molecule has 4 rings (SSSR count). The van der Waals surface area contributed by atoms with Crippen LogP contribution in [-0.4, -0.2) is 10.9 Å². The van der Waals surface area contributed by atoms with E-state index in [0.717, 1.165) is 36.9 Å². The standard InChI is InChI=1S/C24H24N2O/c1-17-6-12-20(13-7-17)26-24(27)16-18-8-10-19(11-9-18)21-14-15-25-23-5-3-2-4-22(21)23/h2-7,12-16,19H,8-11H2,1H3,(H,26,27). The number of aromatic nitrogens is 1. The Morgan fingerprint density at radius 3 is 2.56 bits per heavy atom. The van der Waals surface area contributed by atoms with E-state index in [0.29, 0.717) is 5.92 Å². The molecule has 27 heavy (non-hydrogen) atoms. The molecule has 0 aliphatic heterocycles. The quantitative estimate of drug-likeness (QED) is 0.606. The summed E-state index contributed by atoms with van der Waals surface area (Å²) >= 11 is 0. The van der Waals surface area contributed by atoms with Crippen LogP contribution in [0.3, 0.4) is 0 Å². The second kappa shape index (κ2) is 7.75. The van der Waals surface area contributed by atoms with Crippen LogP contribution in [-0.2, 0) is 4.79 Å². The van der Waals surface area contributed by atoms with Crippen LogP contribution in [0, 0.1) is 6.92 Å². The summed E-state index contributed by atoms with van der Waals surface area (Å²) in [6, 6.07) is 18.4. The molecule has 0 bridgehead atoms. The van der Waals surface area contributed by atoms with E-state index < -0.39 is 0 Å². The van der Waals surface area contributed by atoms with Gasteiger partial charge in [0, 0.05) is 23.3 Å². The van der Waals surface area contributed by atoms with Crippen LogP contribution >= 0.6 is 0 Å². The molecule has 1 aliphatic carbocycles. The van der Waals surface area contributed by atoms with Gasteiger partial charge >= 0.3 is 0 Å². The first-order chi connectivity index (χ1) is 13.2. The first-order valence-electron chi connectivity index (χ1n) is 9.60. The molecule has 1 aliphatic rings. The summed E-state index contributed by atoms with van der Waals surface area (Å²) in [5.41, 5.74) is 5.74. The van der Waals surface area contributed by atoms with Crippen molar-refractivity contribution in [1.82, 2.24) is 4.98 Å². The molecule has 0 saturated heterocycles. The molecule has 3 aromatic rings. The minimum Gasteiger partial charge on any atom is -0.323 e. The molecule has 1 amide bonds. The summed E-state index contributed by atoms with van der Waals surface area (Å²) in [5, 5.41) is 4.22. The van der Waals surface area contributed by atoms with Gasteiger partial charge in [-0.25, -0.2) is 0 Å². The maximum absolute atomic E-state index is 12.3. The number of hydrogen-bond donors (Lipinski definition) is 1. The summed E-state index contributed by atoms with van der Waals surface area (Å²) in [6.07, 6.45) is 7.82.